The van der Waals surface area contributed by atoms with E-state index in [9.17, 15) is 0 Å². The number of hydrogen-bond acceptors (Lipinski definition) is 8. The van der Waals surface area contributed by atoms with Crippen molar-refractivity contribution in [3.05, 3.63) is 253 Å². The molecule has 8 heteroatoms. The van der Waals surface area contributed by atoms with E-state index in [1.807, 2.05) is 0 Å². The standard InChI is InChI=1S/C82H86N8/c1-75(2)79(9,10)87(63-29-21-17-22-30-63)71(83-75)59-45-37-55(38-46-59)67-53-69(57-41-49-61(50-42-57)73-85-77(5,6)81(13,14)89(73)65-33-25-19-26-34-65)70(58-43-51-62(52-44-58)74-86-78(7,8)82(15,16)90(74)66-35-27-20-28-36-66)54-68(67)56-39-47-60(48-40-56)72-84-76(3,4)80(11,12)88(72)64-31-23-18-24-32-64/h17-54H,1-16H3. The SMILES string of the molecule is CC1(C)N=C(c2ccc(-c3cc(-c4ccc(C5=NC(C)(C)C(C)(C)N5c5ccccc5)cc4)c(-c4ccc(C5=NC(C)(C)C(C)(C)N5c5ccccc5)cc4)cc3-c3ccc(C4=NC(C)(C)C(C)(C)N4c4ccccc4)cc3)cc2)N(c2ccccc2)C1(C)C. The number of rotatable bonds is 12. The molecule has 9 aromatic rings. The average Bonchev–Trinajstić information content (AvgIpc) is 1.50. The molecule has 0 aliphatic carbocycles. The molecule has 0 aromatic heterocycles. The second-order valence-electron chi connectivity index (χ2n) is 29.2. The van der Waals surface area contributed by atoms with E-state index in [1.54, 1.807) is 0 Å². The molecular weight excluding hydrogens is 1100 g/mol. The van der Waals surface area contributed by atoms with Gasteiger partial charge in [0.25, 0.3) is 0 Å². The molecule has 454 valence electrons. The highest BCUT2D eigenvalue weighted by molar-refractivity contribution is 6.16. The van der Waals surface area contributed by atoms with Crippen LogP contribution in [0.2, 0.25) is 0 Å². The summed E-state index contributed by atoms with van der Waals surface area (Å²) in [6.45, 7) is 36.4. The van der Waals surface area contributed by atoms with E-state index in [1.165, 1.54) is 0 Å². The Hall–Kier alpha value is -9.14. The predicted octanol–water partition coefficient (Wildman–Crippen LogP) is 19.7. The molecule has 8 nitrogen and oxygen atoms in total. The van der Waals surface area contributed by atoms with Gasteiger partial charge in [-0.1, -0.05) is 170 Å². The quantitative estimate of drug-likeness (QED) is 0.122. The van der Waals surface area contributed by atoms with Crippen LogP contribution in [0.3, 0.4) is 0 Å². The summed E-state index contributed by atoms with van der Waals surface area (Å²) in [4.78, 5) is 31.7. The Morgan fingerprint density at radius 2 is 0.356 bits per heavy atom. The van der Waals surface area contributed by atoms with Crippen molar-refractivity contribution in [3.8, 4) is 44.5 Å². The van der Waals surface area contributed by atoms with Crippen LogP contribution < -0.4 is 19.6 Å². The molecule has 4 heterocycles. The molecule has 0 unspecified atom stereocenters. The van der Waals surface area contributed by atoms with Gasteiger partial charge in [-0.3, -0.25) is 20.0 Å². The zero-order chi connectivity index (χ0) is 63.6. The minimum atomic E-state index is -0.349. The summed E-state index contributed by atoms with van der Waals surface area (Å²) in [7, 11) is 0. The van der Waals surface area contributed by atoms with Crippen molar-refractivity contribution in [1.29, 1.82) is 0 Å². The number of anilines is 4. The van der Waals surface area contributed by atoms with Crippen molar-refractivity contribution in [2.75, 3.05) is 19.6 Å². The molecule has 0 fully saturated rings. The molecule has 0 spiro atoms. The van der Waals surface area contributed by atoms with Gasteiger partial charge in [0.2, 0.25) is 0 Å². The molecule has 0 saturated heterocycles. The molecule has 13 rings (SSSR count). The van der Waals surface area contributed by atoms with Gasteiger partial charge in [-0.05, 0) is 216 Å². The fourth-order valence-corrected chi connectivity index (χ4v) is 13.6. The van der Waals surface area contributed by atoms with Gasteiger partial charge in [0, 0.05) is 45.0 Å². The molecule has 90 heavy (non-hydrogen) atoms. The lowest BCUT2D eigenvalue weighted by atomic mass is 9.82. The molecule has 0 bridgehead atoms. The Labute approximate surface area is 535 Å². The number of amidine groups is 4. The summed E-state index contributed by atoms with van der Waals surface area (Å²) in [5.74, 6) is 3.87. The normalized spacial score (nSPS) is 19.6. The Morgan fingerprint density at radius 1 is 0.200 bits per heavy atom. The smallest absolute Gasteiger partial charge is 0.136 e. The summed E-state index contributed by atoms with van der Waals surface area (Å²) in [5, 5.41) is 0. The molecule has 0 amide bonds. The number of para-hydroxylation sites is 4. The van der Waals surface area contributed by atoms with Crippen molar-refractivity contribution in [2.24, 2.45) is 20.0 Å². The minimum Gasteiger partial charge on any atom is -0.318 e. The van der Waals surface area contributed by atoms with Gasteiger partial charge in [-0.15, -0.1) is 0 Å². The van der Waals surface area contributed by atoms with Gasteiger partial charge in [0.15, 0.2) is 0 Å². The summed E-state index contributed by atoms with van der Waals surface area (Å²) in [6, 6.07) is 84.2. The van der Waals surface area contributed by atoms with Gasteiger partial charge in [-0.2, -0.15) is 0 Å². The molecule has 4 aliphatic heterocycles. The summed E-state index contributed by atoms with van der Waals surface area (Å²) < 4.78 is 0. The molecular formula is C82H86N8. The van der Waals surface area contributed by atoms with Crippen LogP contribution in [0.4, 0.5) is 22.7 Å². The van der Waals surface area contributed by atoms with Crippen LogP contribution >= 0.6 is 0 Å². The lowest BCUT2D eigenvalue weighted by Gasteiger charge is -2.41. The highest BCUT2D eigenvalue weighted by Gasteiger charge is 2.53. The van der Waals surface area contributed by atoms with E-state index in [0.717, 1.165) is 113 Å². The first-order valence-electron chi connectivity index (χ1n) is 32.1. The van der Waals surface area contributed by atoms with E-state index in [4.69, 9.17) is 20.0 Å². The first-order valence-corrected chi connectivity index (χ1v) is 32.1. The van der Waals surface area contributed by atoms with E-state index in [-0.39, 0.29) is 44.3 Å². The van der Waals surface area contributed by atoms with Crippen LogP contribution in [0, 0.1) is 0 Å². The molecule has 0 radical (unpaired) electrons. The lowest BCUT2D eigenvalue weighted by Crippen LogP contribution is -2.53. The third kappa shape index (κ3) is 9.63. The zero-order valence-electron chi connectivity index (χ0n) is 55.5. The first-order chi connectivity index (χ1) is 42.6. The molecule has 9 aromatic carbocycles. The van der Waals surface area contributed by atoms with Gasteiger partial charge in [0.05, 0.1) is 44.3 Å². The number of hydrogen-bond donors (Lipinski definition) is 0. The summed E-state index contributed by atoms with van der Waals surface area (Å²) in [6.07, 6.45) is 0. The van der Waals surface area contributed by atoms with Crippen molar-refractivity contribution >= 4 is 46.1 Å². The van der Waals surface area contributed by atoms with Crippen LogP contribution in [0.15, 0.2) is 250 Å². The predicted molar refractivity (Wildman–Crippen MR) is 383 cm³/mol. The number of benzene rings is 9. The second-order valence-corrected chi connectivity index (χ2v) is 29.2. The maximum Gasteiger partial charge on any atom is 0.136 e. The Balaban J connectivity index is 0.994. The van der Waals surface area contributed by atoms with Gasteiger partial charge in [-0.25, -0.2) is 0 Å². The second kappa shape index (κ2) is 21.3. The molecule has 0 atom stereocenters. The van der Waals surface area contributed by atoms with Gasteiger partial charge < -0.3 is 19.6 Å². The molecule has 0 N–H and O–H groups in total. The number of aliphatic imine (C=N–C) groups is 4. The van der Waals surface area contributed by atoms with Crippen LogP contribution in [-0.2, 0) is 0 Å². The Bertz CT molecular complexity index is 3740. The van der Waals surface area contributed by atoms with Gasteiger partial charge >= 0.3 is 0 Å². The highest BCUT2D eigenvalue weighted by Crippen LogP contribution is 2.49. The third-order valence-electron chi connectivity index (χ3n) is 21.6. The van der Waals surface area contributed by atoms with E-state index >= 15 is 0 Å². The fraction of sp³-hybridized carbons (Fsp3) is 0.293. The zero-order valence-corrected chi connectivity index (χ0v) is 55.5. The average molecular weight is 1180 g/mol. The van der Waals surface area contributed by atoms with Crippen LogP contribution in [0.25, 0.3) is 44.5 Å². The maximum atomic E-state index is 5.50. The largest absolute Gasteiger partial charge is 0.318 e. The van der Waals surface area contributed by atoms with Crippen molar-refractivity contribution in [1.82, 2.24) is 0 Å². The van der Waals surface area contributed by atoms with Crippen LogP contribution in [-0.4, -0.2) is 67.7 Å². The van der Waals surface area contributed by atoms with E-state index in [0.29, 0.717) is 0 Å². The van der Waals surface area contributed by atoms with Crippen LogP contribution in [0.5, 0.6) is 0 Å². The van der Waals surface area contributed by atoms with E-state index in [2.05, 4.69) is 361 Å². The highest BCUT2D eigenvalue weighted by atomic mass is 15.4. The third-order valence-corrected chi connectivity index (χ3v) is 21.6. The fourth-order valence-electron chi connectivity index (χ4n) is 13.6. The topological polar surface area (TPSA) is 62.4 Å². The summed E-state index contributed by atoms with van der Waals surface area (Å²) in [5.41, 5.74) is 15.1. The molecule has 0 saturated carbocycles. The monoisotopic (exact) mass is 1180 g/mol. The Kier molecular flexibility index (Phi) is 14.1. The minimum absolute atomic E-state index is 0.288. The van der Waals surface area contributed by atoms with E-state index < -0.39 is 0 Å². The first kappa shape index (κ1) is 59.8. The maximum absolute atomic E-state index is 5.50. The van der Waals surface area contributed by atoms with Crippen LogP contribution in [0.1, 0.15) is 133 Å². The van der Waals surface area contributed by atoms with Crippen molar-refractivity contribution in [3.63, 3.8) is 0 Å². The lowest BCUT2D eigenvalue weighted by molar-refractivity contribution is 0.338. The number of nitrogens with zero attached hydrogens (tertiary/aromatic N) is 8. The summed E-state index contributed by atoms with van der Waals surface area (Å²) >= 11 is 0. The van der Waals surface area contributed by atoms with Crippen molar-refractivity contribution in [2.45, 2.75) is 155 Å². The molecule has 4 aliphatic rings. The van der Waals surface area contributed by atoms with Crippen molar-refractivity contribution < 1.29 is 0 Å². The Morgan fingerprint density at radius 3 is 0.522 bits per heavy atom. The van der Waals surface area contributed by atoms with Gasteiger partial charge in [0.1, 0.15) is 23.3 Å².